The maximum absolute atomic E-state index is 12.8. The van der Waals surface area contributed by atoms with E-state index in [2.05, 4.69) is 4.98 Å². The van der Waals surface area contributed by atoms with Crippen LogP contribution < -0.4 is 0 Å². The van der Waals surface area contributed by atoms with E-state index in [9.17, 15) is 13.2 Å². The third-order valence-electron chi connectivity index (χ3n) is 4.97. The highest BCUT2D eigenvalue weighted by molar-refractivity contribution is 7.91. The summed E-state index contributed by atoms with van der Waals surface area (Å²) in [7, 11) is -3.58. The van der Waals surface area contributed by atoms with E-state index in [0.717, 1.165) is 16.9 Å². The number of aromatic nitrogens is 1. The molecular formula is C20H20ClN3O4S2. The van der Waals surface area contributed by atoms with Gasteiger partial charge in [0.25, 0.3) is 10.0 Å². The van der Waals surface area contributed by atoms with Crippen molar-refractivity contribution in [2.75, 3.05) is 26.2 Å². The third kappa shape index (κ3) is 4.29. The molecule has 1 aliphatic heterocycles. The molecule has 3 aromatic rings. The molecule has 1 aliphatic rings. The topological polar surface area (TPSA) is 83.7 Å². The summed E-state index contributed by atoms with van der Waals surface area (Å²) in [5.74, 6) is 1.00. The maximum atomic E-state index is 12.8. The van der Waals surface area contributed by atoms with Crippen molar-refractivity contribution in [2.45, 2.75) is 17.6 Å². The second-order valence-electron chi connectivity index (χ2n) is 6.91. The van der Waals surface area contributed by atoms with Crippen molar-refractivity contribution in [1.29, 1.82) is 0 Å². The molecule has 30 heavy (non-hydrogen) atoms. The molecule has 0 atom stereocenters. The number of hydrogen-bond acceptors (Lipinski definition) is 6. The molecule has 0 radical (unpaired) electrons. The fourth-order valence-corrected chi connectivity index (χ4v) is 6.35. The van der Waals surface area contributed by atoms with Gasteiger partial charge in [-0.3, -0.25) is 4.79 Å². The maximum Gasteiger partial charge on any atom is 0.252 e. The van der Waals surface area contributed by atoms with Crippen LogP contribution in [0.4, 0.5) is 0 Å². The molecule has 0 spiro atoms. The first-order valence-electron chi connectivity index (χ1n) is 9.39. The lowest BCUT2D eigenvalue weighted by atomic mass is 10.2. The lowest BCUT2D eigenvalue weighted by Crippen LogP contribution is -2.50. The molecule has 1 aromatic carbocycles. The molecule has 0 aliphatic carbocycles. The fraction of sp³-hybridized carbons (Fsp3) is 0.300. The van der Waals surface area contributed by atoms with Crippen molar-refractivity contribution in [1.82, 2.24) is 14.2 Å². The standard InChI is InChI=1S/C20H20ClN3O4S2/c1-14-16(22-20(28-14)15-5-3-2-4-6-15)13-18(25)23-9-11-24(12-10-23)30(26,27)19-8-7-17(21)29-19/h2-8H,9-13H2,1H3. The highest BCUT2D eigenvalue weighted by Crippen LogP contribution is 2.29. The molecule has 10 heteroatoms. The van der Waals surface area contributed by atoms with Crippen LogP contribution in [0.3, 0.4) is 0 Å². The highest BCUT2D eigenvalue weighted by atomic mass is 35.5. The van der Waals surface area contributed by atoms with E-state index in [1.807, 2.05) is 30.3 Å². The average Bonchev–Trinajstić information content (AvgIpc) is 3.35. The fourth-order valence-electron chi connectivity index (χ4n) is 3.29. The van der Waals surface area contributed by atoms with Gasteiger partial charge in [-0.05, 0) is 31.2 Å². The van der Waals surface area contributed by atoms with Crippen LogP contribution in [-0.4, -0.2) is 54.7 Å². The van der Waals surface area contributed by atoms with Crippen LogP contribution in [0, 0.1) is 6.92 Å². The number of halogens is 1. The number of piperazine rings is 1. The van der Waals surface area contributed by atoms with Gasteiger partial charge in [0.15, 0.2) is 0 Å². The highest BCUT2D eigenvalue weighted by Gasteiger charge is 2.31. The Morgan fingerprint density at radius 2 is 1.83 bits per heavy atom. The smallest absolute Gasteiger partial charge is 0.252 e. The van der Waals surface area contributed by atoms with E-state index in [-0.39, 0.29) is 29.6 Å². The van der Waals surface area contributed by atoms with Gasteiger partial charge in [-0.25, -0.2) is 13.4 Å². The van der Waals surface area contributed by atoms with Gasteiger partial charge in [-0.1, -0.05) is 29.8 Å². The predicted octanol–water partition coefficient (Wildman–Crippen LogP) is 3.44. The van der Waals surface area contributed by atoms with Gasteiger partial charge >= 0.3 is 0 Å². The lowest BCUT2D eigenvalue weighted by molar-refractivity contribution is -0.131. The Balaban J connectivity index is 1.39. The minimum Gasteiger partial charge on any atom is -0.441 e. The molecule has 0 N–H and O–H groups in total. The molecular weight excluding hydrogens is 446 g/mol. The summed E-state index contributed by atoms with van der Waals surface area (Å²) in [6, 6.07) is 12.6. The van der Waals surface area contributed by atoms with E-state index in [1.165, 1.54) is 10.4 Å². The molecule has 1 fully saturated rings. The summed E-state index contributed by atoms with van der Waals surface area (Å²) in [6.45, 7) is 2.95. The van der Waals surface area contributed by atoms with Crippen LogP contribution >= 0.6 is 22.9 Å². The number of nitrogens with zero attached hydrogens (tertiary/aromatic N) is 3. The van der Waals surface area contributed by atoms with Crippen LogP contribution in [-0.2, 0) is 21.2 Å². The molecule has 0 bridgehead atoms. The third-order valence-corrected chi connectivity index (χ3v) is 8.56. The summed E-state index contributed by atoms with van der Waals surface area (Å²) in [6.07, 6.45) is 0.120. The summed E-state index contributed by atoms with van der Waals surface area (Å²) < 4.78 is 33.2. The first kappa shape index (κ1) is 21.0. The van der Waals surface area contributed by atoms with E-state index in [4.69, 9.17) is 16.0 Å². The second kappa shape index (κ2) is 8.50. The summed E-state index contributed by atoms with van der Waals surface area (Å²) in [5.41, 5.74) is 1.45. The van der Waals surface area contributed by atoms with Gasteiger partial charge in [0.2, 0.25) is 11.8 Å². The Labute approximate surface area is 183 Å². The number of carbonyl (C=O) groups excluding carboxylic acids is 1. The number of amides is 1. The van der Waals surface area contributed by atoms with Crippen molar-refractivity contribution >= 4 is 38.9 Å². The van der Waals surface area contributed by atoms with Gasteiger partial charge in [0.1, 0.15) is 9.97 Å². The Hall–Kier alpha value is -2.20. The zero-order chi connectivity index (χ0) is 21.3. The molecule has 2 aromatic heterocycles. The normalized spacial score (nSPS) is 15.5. The zero-order valence-corrected chi connectivity index (χ0v) is 18.6. The van der Waals surface area contributed by atoms with Crippen molar-refractivity contribution in [3.63, 3.8) is 0 Å². The van der Waals surface area contributed by atoms with Crippen molar-refractivity contribution in [3.8, 4) is 11.5 Å². The van der Waals surface area contributed by atoms with E-state index >= 15 is 0 Å². The molecule has 0 unspecified atom stereocenters. The SMILES string of the molecule is Cc1oc(-c2ccccc2)nc1CC(=O)N1CCN(S(=O)(=O)c2ccc(Cl)s2)CC1. The number of sulfonamides is 1. The molecule has 4 rings (SSSR count). The summed E-state index contributed by atoms with van der Waals surface area (Å²) in [4.78, 5) is 18.9. The minimum absolute atomic E-state index is 0.0952. The van der Waals surface area contributed by atoms with Crippen LogP contribution in [0.5, 0.6) is 0 Å². The average molecular weight is 466 g/mol. The number of thiophene rings is 1. The number of benzene rings is 1. The molecule has 0 saturated carbocycles. The number of hydrogen-bond donors (Lipinski definition) is 0. The number of carbonyl (C=O) groups is 1. The molecule has 1 amide bonds. The largest absolute Gasteiger partial charge is 0.441 e. The first-order chi connectivity index (χ1) is 14.3. The van der Waals surface area contributed by atoms with Crippen LogP contribution in [0.1, 0.15) is 11.5 Å². The second-order valence-corrected chi connectivity index (χ2v) is 10.8. The predicted molar refractivity (Wildman–Crippen MR) is 115 cm³/mol. The van der Waals surface area contributed by atoms with E-state index in [1.54, 1.807) is 17.9 Å². The Morgan fingerprint density at radius 1 is 1.13 bits per heavy atom. The summed E-state index contributed by atoms with van der Waals surface area (Å²) in [5, 5.41) is 0. The lowest BCUT2D eigenvalue weighted by Gasteiger charge is -2.33. The Kier molecular flexibility index (Phi) is 5.97. The molecule has 3 heterocycles. The quantitative estimate of drug-likeness (QED) is 0.576. The Bertz CT molecular complexity index is 1150. The van der Waals surface area contributed by atoms with E-state index < -0.39 is 10.0 Å². The van der Waals surface area contributed by atoms with Gasteiger partial charge in [0, 0.05) is 31.7 Å². The van der Waals surface area contributed by atoms with Crippen molar-refractivity contribution < 1.29 is 17.6 Å². The Morgan fingerprint density at radius 3 is 2.47 bits per heavy atom. The van der Waals surface area contributed by atoms with Crippen LogP contribution in [0.25, 0.3) is 11.5 Å². The van der Waals surface area contributed by atoms with Crippen molar-refractivity contribution in [2.24, 2.45) is 0 Å². The first-order valence-corrected chi connectivity index (χ1v) is 12.0. The van der Waals surface area contributed by atoms with Gasteiger partial charge < -0.3 is 9.32 Å². The van der Waals surface area contributed by atoms with Gasteiger partial charge in [-0.15, -0.1) is 11.3 Å². The van der Waals surface area contributed by atoms with Gasteiger partial charge in [-0.2, -0.15) is 4.31 Å². The molecule has 1 saturated heterocycles. The van der Waals surface area contributed by atoms with Crippen LogP contribution in [0.15, 0.2) is 51.1 Å². The number of aryl methyl sites for hydroxylation is 1. The molecule has 7 nitrogen and oxygen atoms in total. The monoisotopic (exact) mass is 465 g/mol. The van der Waals surface area contributed by atoms with Gasteiger partial charge in [0.05, 0.1) is 16.5 Å². The van der Waals surface area contributed by atoms with E-state index in [0.29, 0.717) is 34.8 Å². The minimum atomic E-state index is -3.58. The summed E-state index contributed by atoms with van der Waals surface area (Å²) >= 11 is 6.91. The van der Waals surface area contributed by atoms with Crippen molar-refractivity contribution in [3.05, 3.63) is 58.3 Å². The molecule has 158 valence electrons. The van der Waals surface area contributed by atoms with Crippen LogP contribution in [0.2, 0.25) is 4.34 Å². The zero-order valence-electron chi connectivity index (χ0n) is 16.2. The number of rotatable bonds is 5. The number of oxazole rings is 1.